The molecule has 18 heavy (non-hydrogen) atoms. The lowest BCUT2D eigenvalue weighted by Gasteiger charge is -2.20. The molecule has 94 valence electrons. The molecule has 0 saturated carbocycles. The van der Waals surface area contributed by atoms with E-state index in [9.17, 15) is 9.18 Å². The minimum Gasteiger partial charge on any atom is -0.337 e. The number of nitriles is 1. The van der Waals surface area contributed by atoms with Gasteiger partial charge in [-0.1, -0.05) is 0 Å². The number of hydrogen-bond donors (Lipinski definition) is 1. The van der Waals surface area contributed by atoms with Gasteiger partial charge in [0.25, 0.3) is 0 Å². The Labute approximate surface area is 105 Å². The van der Waals surface area contributed by atoms with Gasteiger partial charge in [-0.2, -0.15) is 5.26 Å². The molecule has 1 aliphatic heterocycles. The highest BCUT2D eigenvalue weighted by atomic mass is 19.1. The van der Waals surface area contributed by atoms with Gasteiger partial charge < -0.3 is 10.2 Å². The van der Waals surface area contributed by atoms with E-state index in [-0.39, 0.29) is 11.7 Å². The molecule has 0 spiro atoms. The van der Waals surface area contributed by atoms with Gasteiger partial charge in [0.2, 0.25) is 5.91 Å². The van der Waals surface area contributed by atoms with Gasteiger partial charge in [0, 0.05) is 13.1 Å². The van der Waals surface area contributed by atoms with Crippen LogP contribution in [0, 0.1) is 17.1 Å². The van der Waals surface area contributed by atoms with Crippen LogP contribution in [0.15, 0.2) is 18.2 Å². The van der Waals surface area contributed by atoms with Gasteiger partial charge >= 0.3 is 0 Å². The fourth-order valence-electron chi connectivity index (χ4n) is 2.00. The summed E-state index contributed by atoms with van der Waals surface area (Å²) in [6, 6.07) is 6.05. The largest absolute Gasteiger partial charge is 0.337 e. The van der Waals surface area contributed by atoms with Crippen LogP contribution in [-0.2, 0) is 11.3 Å². The predicted octanol–water partition coefficient (Wildman–Crippen LogP) is 1.02. The Morgan fingerprint density at radius 1 is 1.50 bits per heavy atom. The Kier molecular flexibility index (Phi) is 3.90. The molecule has 1 N–H and O–H groups in total. The number of halogens is 1. The lowest BCUT2D eigenvalue weighted by Crippen LogP contribution is -2.34. The molecule has 1 aromatic carbocycles. The van der Waals surface area contributed by atoms with Crippen LogP contribution < -0.4 is 5.32 Å². The summed E-state index contributed by atoms with van der Waals surface area (Å²) in [6.07, 6.45) is 0.864. The zero-order chi connectivity index (χ0) is 13.0. The van der Waals surface area contributed by atoms with E-state index in [1.807, 2.05) is 6.07 Å². The third kappa shape index (κ3) is 2.84. The van der Waals surface area contributed by atoms with E-state index in [1.165, 1.54) is 18.2 Å². The molecular formula is C13H14FN3O. The van der Waals surface area contributed by atoms with Crippen molar-refractivity contribution in [2.45, 2.75) is 13.0 Å². The summed E-state index contributed by atoms with van der Waals surface area (Å²) in [7, 11) is 0. The van der Waals surface area contributed by atoms with Crippen LogP contribution in [0.4, 0.5) is 4.39 Å². The van der Waals surface area contributed by atoms with Crippen molar-refractivity contribution in [3.63, 3.8) is 0 Å². The van der Waals surface area contributed by atoms with Crippen molar-refractivity contribution < 1.29 is 9.18 Å². The second-order valence-electron chi connectivity index (χ2n) is 4.26. The van der Waals surface area contributed by atoms with E-state index in [1.54, 1.807) is 4.90 Å². The molecule has 1 saturated heterocycles. The summed E-state index contributed by atoms with van der Waals surface area (Å²) < 4.78 is 13.2. The number of carbonyl (C=O) groups is 1. The van der Waals surface area contributed by atoms with Crippen molar-refractivity contribution in [2.24, 2.45) is 0 Å². The standard InChI is InChI=1S/C13H14FN3O/c14-12-3-2-10(7-15)11(6-12)9-17-5-1-4-16-8-13(17)18/h2-3,6,16H,1,4-5,8-9H2. The van der Waals surface area contributed by atoms with Crippen molar-refractivity contribution in [3.05, 3.63) is 35.1 Å². The number of benzene rings is 1. The van der Waals surface area contributed by atoms with Gasteiger partial charge in [-0.05, 0) is 36.7 Å². The van der Waals surface area contributed by atoms with Gasteiger partial charge in [-0.15, -0.1) is 0 Å². The monoisotopic (exact) mass is 247 g/mol. The Morgan fingerprint density at radius 3 is 3.11 bits per heavy atom. The number of rotatable bonds is 2. The average molecular weight is 247 g/mol. The molecule has 0 unspecified atom stereocenters. The molecule has 1 heterocycles. The number of nitrogens with one attached hydrogen (secondary N) is 1. The molecule has 0 radical (unpaired) electrons. The van der Waals surface area contributed by atoms with Crippen LogP contribution in [0.25, 0.3) is 0 Å². The highest BCUT2D eigenvalue weighted by molar-refractivity contribution is 5.78. The molecule has 4 nitrogen and oxygen atoms in total. The number of nitrogens with zero attached hydrogens (tertiary/aromatic N) is 2. The minimum absolute atomic E-state index is 0.0133. The van der Waals surface area contributed by atoms with Gasteiger partial charge in [0.15, 0.2) is 0 Å². The van der Waals surface area contributed by atoms with Crippen molar-refractivity contribution in [3.8, 4) is 6.07 Å². The second-order valence-corrected chi connectivity index (χ2v) is 4.26. The molecule has 0 aromatic heterocycles. The van der Waals surface area contributed by atoms with Crippen LogP contribution in [-0.4, -0.2) is 30.4 Å². The van der Waals surface area contributed by atoms with Crippen LogP contribution in [0.5, 0.6) is 0 Å². The molecule has 1 aromatic rings. The van der Waals surface area contributed by atoms with E-state index >= 15 is 0 Å². The maximum atomic E-state index is 13.2. The van der Waals surface area contributed by atoms with Crippen molar-refractivity contribution in [1.29, 1.82) is 5.26 Å². The average Bonchev–Trinajstić information content (AvgIpc) is 2.55. The first kappa shape index (κ1) is 12.5. The summed E-state index contributed by atoms with van der Waals surface area (Å²) in [5.41, 5.74) is 0.981. The molecule has 0 bridgehead atoms. The molecule has 5 heteroatoms. The number of hydrogen-bond acceptors (Lipinski definition) is 3. The van der Waals surface area contributed by atoms with Crippen LogP contribution in [0.2, 0.25) is 0 Å². The second kappa shape index (κ2) is 5.61. The van der Waals surface area contributed by atoms with E-state index in [4.69, 9.17) is 5.26 Å². The van der Waals surface area contributed by atoms with Crippen molar-refractivity contribution in [2.75, 3.05) is 19.6 Å². The zero-order valence-corrected chi connectivity index (χ0v) is 9.95. The lowest BCUT2D eigenvalue weighted by atomic mass is 10.1. The fraction of sp³-hybridized carbons (Fsp3) is 0.385. The first-order valence-corrected chi connectivity index (χ1v) is 5.88. The third-order valence-corrected chi connectivity index (χ3v) is 2.96. The molecule has 2 rings (SSSR count). The highest BCUT2D eigenvalue weighted by Gasteiger charge is 2.17. The highest BCUT2D eigenvalue weighted by Crippen LogP contribution is 2.14. The van der Waals surface area contributed by atoms with Gasteiger partial charge in [0.1, 0.15) is 5.82 Å². The lowest BCUT2D eigenvalue weighted by molar-refractivity contribution is -0.130. The van der Waals surface area contributed by atoms with E-state index in [0.717, 1.165) is 13.0 Å². The maximum absolute atomic E-state index is 13.2. The summed E-state index contributed by atoms with van der Waals surface area (Å²) in [5, 5.41) is 12.0. The molecule has 1 aliphatic rings. The summed E-state index contributed by atoms with van der Waals surface area (Å²) in [6.45, 7) is 2.03. The smallest absolute Gasteiger partial charge is 0.236 e. The normalized spacial score (nSPS) is 16.2. The summed E-state index contributed by atoms with van der Waals surface area (Å²) >= 11 is 0. The van der Waals surface area contributed by atoms with Gasteiger partial charge in [-0.25, -0.2) is 4.39 Å². The van der Waals surface area contributed by atoms with Crippen LogP contribution in [0.1, 0.15) is 17.5 Å². The third-order valence-electron chi connectivity index (χ3n) is 2.96. The molecular weight excluding hydrogens is 233 g/mol. The van der Waals surface area contributed by atoms with E-state index in [0.29, 0.717) is 30.8 Å². The fourth-order valence-corrected chi connectivity index (χ4v) is 2.00. The van der Waals surface area contributed by atoms with E-state index < -0.39 is 0 Å². The molecule has 1 amide bonds. The summed E-state index contributed by atoms with van der Waals surface area (Å²) in [5.74, 6) is -0.398. The molecule has 0 atom stereocenters. The van der Waals surface area contributed by atoms with Crippen LogP contribution >= 0.6 is 0 Å². The van der Waals surface area contributed by atoms with Crippen LogP contribution in [0.3, 0.4) is 0 Å². The summed E-state index contributed by atoms with van der Waals surface area (Å²) in [4.78, 5) is 13.5. The maximum Gasteiger partial charge on any atom is 0.236 e. The minimum atomic E-state index is -0.385. The first-order valence-electron chi connectivity index (χ1n) is 5.88. The van der Waals surface area contributed by atoms with Crippen molar-refractivity contribution in [1.82, 2.24) is 10.2 Å². The number of amides is 1. The number of carbonyl (C=O) groups excluding carboxylic acids is 1. The van der Waals surface area contributed by atoms with E-state index in [2.05, 4.69) is 5.32 Å². The SMILES string of the molecule is N#Cc1ccc(F)cc1CN1CCCNCC1=O. The predicted molar refractivity (Wildman–Crippen MR) is 64.0 cm³/mol. The Morgan fingerprint density at radius 2 is 2.33 bits per heavy atom. The molecule has 1 fully saturated rings. The quantitative estimate of drug-likeness (QED) is 0.849. The van der Waals surface area contributed by atoms with Gasteiger partial charge in [-0.3, -0.25) is 4.79 Å². The molecule has 0 aliphatic carbocycles. The Hall–Kier alpha value is -1.93. The Balaban J connectivity index is 2.19. The first-order chi connectivity index (χ1) is 8.70. The van der Waals surface area contributed by atoms with Crippen molar-refractivity contribution >= 4 is 5.91 Å². The zero-order valence-electron chi connectivity index (χ0n) is 9.95. The topological polar surface area (TPSA) is 56.1 Å². The Bertz CT molecular complexity index is 495. The van der Waals surface area contributed by atoms with Gasteiger partial charge in [0.05, 0.1) is 18.2 Å².